The fraction of sp³-hybridized carbons (Fsp3) is 0.654. The number of aromatic nitrogens is 2. The van der Waals surface area contributed by atoms with Gasteiger partial charge in [-0.15, -0.1) is 0 Å². The molecule has 0 atom stereocenters. The molecule has 2 heteroatoms. The molecular weight excluding hydrogens is 340 g/mol. The molecule has 0 aliphatic carbocycles. The lowest BCUT2D eigenvalue weighted by Gasteiger charge is -2.21. The van der Waals surface area contributed by atoms with Crippen molar-refractivity contribution in [2.45, 2.75) is 110 Å². The maximum atomic E-state index is 2.42. The van der Waals surface area contributed by atoms with Crippen molar-refractivity contribution in [3.63, 3.8) is 0 Å². The van der Waals surface area contributed by atoms with Crippen molar-refractivity contribution in [1.82, 2.24) is 4.57 Å². The van der Waals surface area contributed by atoms with Crippen LogP contribution in [0.3, 0.4) is 0 Å². The van der Waals surface area contributed by atoms with E-state index in [4.69, 9.17) is 0 Å². The van der Waals surface area contributed by atoms with Crippen molar-refractivity contribution < 1.29 is 4.57 Å². The lowest BCUT2D eigenvalue weighted by molar-refractivity contribution is -0.697. The summed E-state index contributed by atoms with van der Waals surface area (Å²) in [5.74, 6) is 0. The highest BCUT2D eigenvalue weighted by molar-refractivity contribution is 5.14. The van der Waals surface area contributed by atoms with Gasteiger partial charge in [0.2, 0.25) is 6.33 Å². The highest BCUT2D eigenvalue weighted by Gasteiger charge is 2.25. The van der Waals surface area contributed by atoms with Gasteiger partial charge in [0.15, 0.2) is 0 Å². The molecule has 0 saturated carbocycles. The zero-order valence-corrected chi connectivity index (χ0v) is 18.7. The molecule has 0 aliphatic heterocycles. The minimum Gasteiger partial charge on any atom is -0.237 e. The van der Waals surface area contributed by atoms with Crippen LogP contribution in [0.25, 0.3) is 0 Å². The first-order chi connectivity index (χ1) is 13.6. The van der Waals surface area contributed by atoms with E-state index in [1.807, 2.05) is 0 Å². The van der Waals surface area contributed by atoms with Crippen molar-refractivity contribution in [3.05, 3.63) is 54.6 Å². The molecule has 0 radical (unpaired) electrons. The lowest BCUT2D eigenvalue weighted by atomic mass is 9.95. The van der Waals surface area contributed by atoms with E-state index >= 15 is 0 Å². The summed E-state index contributed by atoms with van der Waals surface area (Å²) < 4.78 is 4.77. The Hall–Kier alpha value is -1.57. The van der Waals surface area contributed by atoms with Gasteiger partial charge in [0.25, 0.3) is 0 Å². The molecule has 1 aromatic heterocycles. The zero-order chi connectivity index (χ0) is 20.1. The third-order valence-corrected chi connectivity index (χ3v) is 6.01. The molecule has 0 spiro atoms. The number of hydrogen-bond donors (Lipinski definition) is 0. The fourth-order valence-electron chi connectivity index (χ4n) is 3.99. The van der Waals surface area contributed by atoms with Crippen LogP contribution >= 0.6 is 0 Å². The van der Waals surface area contributed by atoms with Gasteiger partial charge < -0.3 is 0 Å². The number of rotatable bonds is 15. The Morgan fingerprint density at radius 3 is 2.14 bits per heavy atom. The molecule has 0 unspecified atom stereocenters. The van der Waals surface area contributed by atoms with E-state index in [9.17, 15) is 0 Å². The van der Waals surface area contributed by atoms with E-state index in [2.05, 4.69) is 79.0 Å². The maximum Gasteiger partial charge on any atom is 0.244 e. The third-order valence-electron chi connectivity index (χ3n) is 6.01. The topological polar surface area (TPSA) is 8.81 Å². The summed E-state index contributed by atoms with van der Waals surface area (Å²) in [6, 6.07) is 10.8. The van der Waals surface area contributed by atoms with Gasteiger partial charge in [-0.05, 0) is 45.1 Å². The van der Waals surface area contributed by atoms with Crippen LogP contribution in [-0.2, 0) is 18.5 Å². The molecule has 156 valence electrons. The molecule has 0 bridgehead atoms. The molecule has 1 heterocycles. The van der Waals surface area contributed by atoms with Crippen molar-refractivity contribution in [3.8, 4) is 0 Å². The van der Waals surface area contributed by atoms with Gasteiger partial charge in [-0.2, -0.15) is 0 Å². The Labute approximate surface area is 174 Å². The van der Waals surface area contributed by atoms with Crippen LogP contribution < -0.4 is 4.57 Å². The van der Waals surface area contributed by atoms with Gasteiger partial charge >= 0.3 is 0 Å². The number of imidazole rings is 1. The van der Waals surface area contributed by atoms with Gasteiger partial charge in [-0.25, -0.2) is 9.13 Å². The third kappa shape index (κ3) is 8.63. The quantitative estimate of drug-likeness (QED) is 0.230. The Morgan fingerprint density at radius 2 is 1.46 bits per heavy atom. The zero-order valence-electron chi connectivity index (χ0n) is 18.7. The second-order valence-corrected chi connectivity index (χ2v) is 9.04. The van der Waals surface area contributed by atoms with Gasteiger partial charge in [0.1, 0.15) is 17.9 Å². The summed E-state index contributed by atoms with van der Waals surface area (Å²) in [7, 11) is 0. The van der Waals surface area contributed by atoms with Gasteiger partial charge in [0, 0.05) is 0 Å². The predicted octanol–water partition coefficient (Wildman–Crippen LogP) is 7.06. The number of unbranched alkanes of at least 4 members (excludes halogenated alkanes) is 8. The monoisotopic (exact) mass is 383 g/mol. The van der Waals surface area contributed by atoms with E-state index < -0.39 is 0 Å². The van der Waals surface area contributed by atoms with Crippen LogP contribution in [0.5, 0.6) is 0 Å². The SMILES string of the molecule is CCCCCCCCCCCC(C)(C)n1cc[n+](CCCc2ccccc2)c1. The number of benzene rings is 1. The van der Waals surface area contributed by atoms with Crippen molar-refractivity contribution in [1.29, 1.82) is 0 Å². The van der Waals surface area contributed by atoms with E-state index in [0.29, 0.717) is 0 Å². The van der Waals surface area contributed by atoms with Crippen molar-refractivity contribution >= 4 is 0 Å². The van der Waals surface area contributed by atoms with E-state index in [-0.39, 0.29) is 5.54 Å². The van der Waals surface area contributed by atoms with Crippen LogP contribution in [0.2, 0.25) is 0 Å². The van der Waals surface area contributed by atoms with E-state index in [0.717, 1.165) is 13.0 Å². The smallest absolute Gasteiger partial charge is 0.237 e. The molecule has 2 rings (SSSR count). The minimum atomic E-state index is 0.214. The average Bonchev–Trinajstić information content (AvgIpc) is 3.17. The largest absolute Gasteiger partial charge is 0.244 e. The van der Waals surface area contributed by atoms with Crippen LogP contribution in [-0.4, -0.2) is 4.57 Å². The van der Waals surface area contributed by atoms with Gasteiger partial charge in [0.05, 0.1) is 6.54 Å². The average molecular weight is 384 g/mol. The molecule has 2 nitrogen and oxygen atoms in total. The van der Waals surface area contributed by atoms with Crippen LogP contribution in [0.15, 0.2) is 49.1 Å². The van der Waals surface area contributed by atoms with Crippen LogP contribution in [0.1, 0.15) is 97.0 Å². The van der Waals surface area contributed by atoms with Crippen LogP contribution in [0, 0.1) is 0 Å². The Balaban J connectivity index is 1.62. The summed E-state index contributed by atoms with van der Waals surface area (Å²) in [5.41, 5.74) is 1.65. The summed E-state index contributed by atoms with van der Waals surface area (Å²) >= 11 is 0. The second-order valence-electron chi connectivity index (χ2n) is 9.04. The van der Waals surface area contributed by atoms with Crippen LogP contribution in [0.4, 0.5) is 0 Å². The maximum absolute atomic E-state index is 2.42. The number of aryl methyl sites for hydroxylation is 2. The molecular formula is C26H43N2+. The number of hydrogen-bond acceptors (Lipinski definition) is 0. The first-order valence-corrected chi connectivity index (χ1v) is 11.7. The van der Waals surface area contributed by atoms with Crippen molar-refractivity contribution in [2.75, 3.05) is 0 Å². The van der Waals surface area contributed by atoms with Crippen molar-refractivity contribution in [2.24, 2.45) is 0 Å². The Morgan fingerprint density at radius 1 is 0.821 bits per heavy atom. The molecule has 2 aromatic rings. The van der Waals surface area contributed by atoms with Gasteiger partial charge in [-0.1, -0.05) is 88.6 Å². The first kappa shape index (κ1) is 22.7. The standard InChI is InChI=1S/C26H43N2/c1-4-5-6-7-8-9-10-11-15-20-26(2,3)28-23-22-27(24-28)21-16-19-25-17-13-12-14-18-25/h12-14,17-18,22-24H,4-11,15-16,19-21H2,1-3H3/q+1. The summed E-state index contributed by atoms with van der Waals surface area (Å²) in [4.78, 5) is 0. The molecule has 0 saturated heterocycles. The highest BCUT2D eigenvalue weighted by atomic mass is 15.1. The summed E-state index contributed by atoms with van der Waals surface area (Å²) in [6.07, 6.45) is 23.0. The lowest BCUT2D eigenvalue weighted by Crippen LogP contribution is -2.33. The predicted molar refractivity (Wildman–Crippen MR) is 121 cm³/mol. The minimum absolute atomic E-state index is 0.214. The first-order valence-electron chi connectivity index (χ1n) is 11.7. The molecule has 0 N–H and O–H groups in total. The Kier molecular flexibility index (Phi) is 10.4. The summed E-state index contributed by atoms with van der Waals surface area (Å²) in [5, 5.41) is 0. The normalized spacial score (nSPS) is 11.8. The molecule has 0 aliphatic rings. The number of nitrogens with zero attached hydrogens (tertiary/aromatic N) is 2. The molecule has 28 heavy (non-hydrogen) atoms. The van der Waals surface area contributed by atoms with E-state index in [1.165, 1.54) is 76.2 Å². The molecule has 1 aromatic carbocycles. The Bertz CT molecular complexity index is 627. The molecule has 0 amide bonds. The summed E-state index contributed by atoms with van der Waals surface area (Å²) in [6.45, 7) is 8.15. The van der Waals surface area contributed by atoms with Gasteiger partial charge in [-0.3, -0.25) is 0 Å². The molecule has 0 fully saturated rings. The highest BCUT2D eigenvalue weighted by Crippen LogP contribution is 2.23. The van der Waals surface area contributed by atoms with E-state index in [1.54, 1.807) is 0 Å². The second kappa shape index (κ2) is 12.8. The fourth-order valence-corrected chi connectivity index (χ4v) is 3.99.